The van der Waals surface area contributed by atoms with Gasteiger partial charge in [-0.3, -0.25) is 19.4 Å². The third-order valence-electron chi connectivity index (χ3n) is 5.83. The van der Waals surface area contributed by atoms with Gasteiger partial charge in [0.1, 0.15) is 0 Å². The Morgan fingerprint density at radius 1 is 0.967 bits per heavy atom. The molecule has 2 fully saturated rings. The van der Waals surface area contributed by atoms with E-state index in [0.29, 0.717) is 32.8 Å². The number of hydrogen-bond donors (Lipinski definition) is 0. The highest BCUT2D eigenvalue weighted by molar-refractivity contribution is 5.85. The summed E-state index contributed by atoms with van der Waals surface area (Å²) in [6.07, 6.45) is 0. The van der Waals surface area contributed by atoms with E-state index in [0.717, 1.165) is 44.2 Å². The number of carbonyl (C=O) groups is 2. The fraction of sp³-hybridized carbons (Fsp3) is 0.619. The minimum Gasteiger partial charge on any atom is -0.454 e. The Morgan fingerprint density at radius 2 is 1.67 bits per heavy atom. The monoisotopic (exact) mass is 418 g/mol. The number of morpholine rings is 1. The summed E-state index contributed by atoms with van der Waals surface area (Å²) in [5.74, 6) is 1.59. The van der Waals surface area contributed by atoms with Gasteiger partial charge in [-0.25, -0.2) is 0 Å². The molecular formula is C21H30N4O5. The number of carbonyl (C=O) groups excluding carboxylic acids is 2. The van der Waals surface area contributed by atoms with Crippen LogP contribution in [0.4, 0.5) is 0 Å². The van der Waals surface area contributed by atoms with Gasteiger partial charge in [-0.1, -0.05) is 6.07 Å². The normalized spacial score (nSPS) is 19.7. The van der Waals surface area contributed by atoms with Crippen LogP contribution in [-0.2, 0) is 20.9 Å². The largest absolute Gasteiger partial charge is 0.454 e. The fourth-order valence-electron chi connectivity index (χ4n) is 3.92. The summed E-state index contributed by atoms with van der Waals surface area (Å²) >= 11 is 0. The van der Waals surface area contributed by atoms with E-state index in [9.17, 15) is 9.59 Å². The Hall–Kier alpha value is -2.36. The molecule has 9 heteroatoms. The van der Waals surface area contributed by atoms with Crippen molar-refractivity contribution in [2.45, 2.75) is 6.54 Å². The predicted molar refractivity (Wildman–Crippen MR) is 109 cm³/mol. The van der Waals surface area contributed by atoms with Gasteiger partial charge in [0.25, 0.3) is 0 Å². The van der Waals surface area contributed by atoms with E-state index >= 15 is 0 Å². The molecule has 0 aliphatic carbocycles. The first-order valence-corrected chi connectivity index (χ1v) is 10.5. The lowest BCUT2D eigenvalue weighted by Gasteiger charge is -2.35. The second kappa shape index (κ2) is 9.63. The van der Waals surface area contributed by atoms with Crippen LogP contribution in [-0.4, -0.2) is 111 Å². The quantitative estimate of drug-likeness (QED) is 0.636. The van der Waals surface area contributed by atoms with E-state index in [1.54, 1.807) is 11.9 Å². The molecule has 164 valence electrons. The lowest BCUT2D eigenvalue weighted by molar-refractivity contribution is -0.142. The van der Waals surface area contributed by atoms with Gasteiger partial charge in [0.2, 0.25) is 18.6 Å². The summed E-state index contributed by atoms with van der Waals surface area (Å²) in [5.41, 5.74) is 1.20. The molecule has 9 nitrogen and oxygen atoms in total. The molecule has 3 heterocycles. The lowest BCUT2D eigenvalue weighted by atomic mass is 10.1. The Morgan fingerprint density at radius 3 is 2.43 bits per heavy atom. The highest BCUT2D eigenvalue weighted by atomic mass is 16.7. The average Bonchev–Trinajstić information content (AvgIpc) is 3.23. The highest BCUT2D eigenvalue weighted by Gasteiger charge is 2.24. The van der Waals surface area contributed by atoms with Crippen LogP contribution in [0.15, 0.2) is 18.2 Å². The summed E-state index contributed by atoms with van der Waals surface area (Å²) in [6, 6.07) is 6.07. The number of fused-ring (bicyclic) bond motifs is 1. The number of benzene rings is 1. The fourth-order valence-corrected chi connectivity index (χ4v) is 3.92. The second-order valence-corrected chi connectivity index (χ2v) is 7.98. The molecule has 0 unspecified atom stereocenters. The molecule has 0 bridgehead atoms. The molecule has 1 aromatic rings. The molecule has 3 aliphatic heterocycles. The molecule has 4 rings (SSSR count). The highest BCUT2D eigenvalue weighted by Crippen LogP contribution is 2.32. The number of likely N-dealkylation sites (N-methyl/N-ethyl adjacent to an activating group) is 1. The first-order valence-electron chi connectivity index (χ1n) is 10.5. The number of amides is 2. The summed E-state index contributed by atoms with van der Waals surface area (Å²) in [7, 11) is 1.70. The van der Waals surface area contributed by atoms with Gasteiger partial charge in [0.15, 0.2) is 11.5 Å². The lowest BCUT2D eigenvalue weighted by Crippen LogP contribution is -2.51. The number of nitrogens with zero attached hydrogens (tertiary/aromatic N) is 4. The van der Waals surface area contributed by atoms with Gasteiger partial charge in [0, 0.05) is 52.9 Å². The van der Waals surface area contributed by atoms with Crippen LogP contribution >= 0.6 is 0 Å². The van der Waals surface area contributed by atoms with E-state index < -0.39 is 0 Å². The van der Waals surface area contributed by atoms with E-state index in [2.05, 4.69) is 15.9 Å². The first-order chi connectivity index (χ1) is 14.6. The van der Waals surface area contributed by atoms with Crippen molar-refractivity contribution in [3.63, 3.8) is 0 Å². The summed E-state index contributed by atoms with van der Waals surface area (Å²) in [5, 5.41) is 0. The van der Waals surface area contributed by atoms with Gasteiger partial charge < -0.3 is 24.0 Å². The van der Waals surface area contributed by atoms with Crippen molar-refractivity contribution in [2.24, 2.45) is 0 Å². The first kappa shape index (κ1) is 20.9. The van der Waals surface area contributed by atoms with Crippen LogP contribution in [0.1, 0.15) is 5.56 Å². The topological polar surface area (TPSA) is 74.8 Å². The summed E-state index contributed by atoms with van der Waals surface area (Å²) < 4.78 is 16.1. The van der Waals surface area contributed by atoms with Gasteiger partial charge in [-0.05, 0) is 17.7 Å². The molecule has 0 aromatic heterocycles. The molecular weight excluding hydrogens is 388 g/mol. The van der Waals surface area contributed by atoms with E-state index in [1.807, 2.05) is 12.1 Å². The maximum Gasteiger partial charge on any atom is 0.242 e. The number of rotatable bonds is 6. The number of piperazine rings is 1. The van der Waals surface area contributed by atoms with Crippen LogP contribution in [0, 0.1) is 0 Å². The van der Waals surface area contributed by atoms with Crippen molar-refractivity contribution < 1.29 is 23.8 Å². The van der Waals surface area contributed by atoms with Gasteiger partial charge in [-0.15, -0.1) is 0 Å². The van der Waals surface area contributed by atoms with Crippen molar-refractivity contribution >= 4 is 11.8 Å². The predicted octanol–water partition coefficient (Wildman–Crippen LogP) is -0.150. The summed E-state index contributed by atoms with van der Waals surface area (Å²) in [4.78, 5) is 32.7. The molecule has 2 saturated heterocycles. The second-order valence-electron chi connectivity index (χ2n) is 7.98. The smallest absolute Gasteiger partial charge is 0.242 e. The maximum atomic E-state index is 12.6. The van der Waals surface area contributed by atoms with Crippen LogP contribution < -0.4 is 9.47 Å². The van der Waals surface area contributed by atoms with Gasteiger partial charge in [-0.2, -0.15) is 0 Å². The molecule has 1 aromatic carbocycles. The molecule has 0 spiro atoms. The number of ether oxygens (including phenoxy) is 3. The Kier molecular flexibility index (Phi) is 6.71. The van der Waals surface area contributed by atoms with Crippen molar-refractivity contribution in [1.29, 1.82) is 0 Å². The van der Waals surface area contributed by atoms with E-state index in [-0.39, 0.29) is 25.2 Å². The molecule has 0 N–H and O–H groups in total. The Labute approximate surface area is 177 Å². The van der Waals surface area contributed by atoms with E-state index in [4.69, 9.17) is 14.2 Å². The van der Waals surface area contributed by atoms with Crippen molar-refractivity contribution in [1.82, 2.24) is 19.6 Å². The zero-order valence-corrected chi connectivity index (χ0v) is 17.5. The Bertz CT molecular complexity index is 760. The molecule has 0 atom stereocenters. The third kappa shape index (κ3) is 5.21. The van der Waals surface area contributed by atoms with Crippen LogP contribution in [0.3, 0.4) is 0 Å². The van der Waals surface area contributed by atoms with Crippen LogP contribution in [0.2, 0.25) is 0 Å². The molecule has 2 amide bonds. The number of hydrogen-bond acceptors (Lipinski definition) is 7. The summed E-state index contributed by atoms with van der Waals surface area (Å²) in [6.45, 7) is 7.44. The molecule has 0 radical (unpaired) electrons. The molecule has 30 heavy (non-hydrogen) atoms. The SMILES string of the molecule is CN(CC(=O)N1CCOCC1)C(=O)CN1CCN(Cc2ccc3c(c2)OCO3)CC1. The van der Waals surface area contributed by atoms with E-state index in [1.165, 1.54) is 10.5 Å². The molecule has 3 aliphatic rings. The minimum absolute atomic E-state index is 0.0114. The van der Waals surface area contributed by atoms with Gasteiger partial charge in [0.05, 0.1) is 26.3 Å². The van der Waals surface area contributed by atoms with Crippen LogP contribution in [0.5, 0.6) is 11.5 Å². The Balaban J connectivity index is 1.18. The van der Waals surface area contributed by atoms with Gasteiger partial charge >= 0.3 is 0 Å². The van der Waals surface area contributed by atoms with Crippen molar-refractivity contribution in [3.05, 3.63) is 23.8 Å². The molecule has 0 saturated carbocycles. The standard InChI is InChI=1S/C21H30N4O5/c1-22(14-21(27)25-8-10-28-11-9-25)20(26)15-24-6-4-23(5-7-24)13-17-2-3-18-19(12-17)30-16-29-18/h2-3,12H,4-11,13-16H2,1H3. The zero-order valence-electron chi connectivity index (χ0n) is 17.5. The minimum atomic E-state index is -0.0131. The third-order valence-corrected chi connectivity index (χ3v) is 5.83. The van der Waals surface area contributed by atoms with Crippen LogP contribution in [0.25, 0.3) is 0 Å². The van der Waals surface area contributed by atoms with Crippen molar-refractivity contribution in [3.8, 4) is 11.5 Å². The van der Waals surface area contributed by atoms with Crippen molar-refractivity contribution in [2.75, 3.05) is 79.4 Å². The zero-order chi connectivity index (χ0) is 20.9. The average molecular weight is 418 g/mol. The maximum absolute atomic E-state index is 12.6.